The third-order valence-electron chi connectivity index (χ3n) is 1.96. The zero-order chi connectivity index (χ0) is 11.4. The molecule has 0 saturated carbocycles. The third kappa shape index (κ3) is 2.47. The van der Waals surface area contributed by atoms with Gasteiger partial charge in [0.15, 0.2) is 5.82 Å². The summed E-state index contributed by atoms with van der Waals surface area (Å²) in [5.74, 6) is 1.74. The maximum absolute atomic E-state index is 5.01. The van der Waals surface area contributed by atoms with Gasteiger partial charge in [-0.15, -0.1) is 0 Å². The Balaban J connectivity index is 1.99. The van der Waals surface area contributed by atoms with Gasteiger partial charge in [0.2, 0.25) is 11.8 Å². The highest BCUT2D eigenvalue weighted by atomic mass is 16.5. The van der Waals surface area contributed by atoms with Gasteiger partial charge in [-0.3, -0.25) is 0 Å². The molecule has 0 aliphatic heterocycles. The zero-order valence-electron chi connectivity index (χ0n) is 9.10. The number of hydrogen-bond donors (Lipinski definition) is 1. The molecular weight excluding hydrogens is 208 g/mol. The molecule has 0 spiro atoms. The Labute approximate surface area is 92.7 Å². The summed E-state index contributed by atoms with van der Waals surface area (Å²) < 4.78 is 9.87. The van der Waals surface area contributed by atoms with Gasteiger partial charge in [-0.2, -0.15) is 4.98 Å². The van der Waals surface area contributed by atoms with Crippen molar-refractivity contribution in [3.63, 3.8) is 0 Å². The van der Waals surface area contributed by atoms with Crippen LogP contribution in [0.25, 0.3) is 0 Å². The highest BCUT2D eigenvalue weighted by Crippen LogP contribution is 2.13. The fourth-order valence-corrected chi connectivity index (χ4v) is 1.23. The highest BCUT2D eigenvalue weighted by molar-refractivity contribution is 5.44. The first-order valence-electron chi connectivity index (χ1n) is 4.81. The van der Waals surface area contributed by atoms with Crippen LogP contribution in [0.2, 0.25) is 0 Å². The van der Waals surface area contributed by atoms with Crippen LogP contribution in [0.4, 0.5) is 5.69 Å². The van der Waals surface area contributed by atoms with Crippen LogP contribution in [0.1, 0.15) is 11.7 Å². The first-order chi connectivity index (χ1) is 7.78. The quantitative estimate of drug-likeness (QED) is 0.839. The first kappa shape index (κ1) is 10.4. The molecule has 2 aromatic heterocycles. The molecule has 0 aliphatic carbocycles. The molecule has 0 aromatic carbocycles. The van der Waals surface area contributed by atoms with Crippen LogP contribution in [0, 0.1) is 6.92 Å². The molecular formula is C10H12N4O2. The molecule has 0 amide bonds. The van der Waals surface area contributed by atoms with Gasteiger partial charge in [0.1, 0.15) is 0 Å². The van der Waals surface area contributed by atoms with Crippen molar-refractivity contribution in [3.8, 4) is 5.88 Å². The lowest BCUT2D eigenvalue weighted by molar-refractivity contribution is 0.388. The smallest absolute Gasteiger partial charge is 0.223 e. The highest BCUT2D eigenvalue weighted by Gasteiger charge is 2.02. The maximum Gasteiger partial charge on any atom is 0.223 e. The molecule has 0 aliphatic rings. The Morgan fingerprint density at radius 2 is 2.38 bits per heavy atom. The molecule has 2 rings (SSSR count). The van der Waals surface area contributed by atoms with E-state index in [4.69, 9.17) is 9.26 Å². The van der Waals surface area contributed by atoms with E-state index in [-0.39, 0.29) is 0 Å². The van der Waals surface area contributed by atoms with Gasteiger partial charge < -0.3 is 14.6 Å². The number of aromatic nitrogens is 3. The van der Waals surface area contributed by atoms with Crippen LogP contribution in [-0.2, 0) is 6.54 Å². The van der Waals surface area contributed by atoms with Crippen LogP contribution >= 0.6 is 0 Å². The van der Waals surface area contributed by atoms with Gasteiger partial charge >= 0.3 is 0 Å². The van der Waals surface area contributed by atoms with Crippen LogP contribution in [-0.4, -0.2) is 22.2 Å². The van der Waals surface area contributed by atoms with E-state index in [2.05, 4.69) is 20.4 Å². The van der Waals surface area contributed by atoms with Crippen molar-refractivity contribution < 1.29 is 9.26 Å². The Morgan fingerprint density at radius 1 is 1.50 bits per heavy atom. The molecule has 1 N–H and O–H groups in total. The van der Waals surface area contributed by atoms with E-state index in [9.17, 15) is 0 Å². The average Bonchev–Trinajstić information content (AvgIpc) is 2.73. The Bertz CT molecular complexity index is 469. The van der Waals surface area contributed by atoms with Crippen molar-refractivity contribution >= 4 is 5.69 Å². The lowest BCUT2D eigenvalue weighted by Gasteiger charge is -2.04. The number of hydrogen-bond acceptors (Lipinski definition) is 6. The predicted molar refractivity (Wildman–Crippen MR) is 57.2 cm³/mol. The Hall–Kier alpha value is -2.11. The monoisotopic (exact) mass is 220 g/mol. The van der Waals surface area contributed by atoms with Crippen LogP contribution in [0.15, 0.2) is 22.9 Å². The largest absolute Gasteiger partial charge is 0.481 e. The van der Waals surface area contributed by atoms with E-state index in [1.165, 1.54) is 0 Å². The summed E-state index contributed by atoms with van der Waals surface area (Å²) in [4.78, 5) is 8.09. The number of methoxy groups -OCH3 is 1. The zero-order valence-corrected chi connectivity index (χ0v) is 9.10. The Kier molecular flexibility index (Phi) is 3.00. The fourth-order valence-electron chi connectivity index (χ4n) is 1.23. The topological polar surface area (TPSA) is 73.1 Å². The lowest BCUT2D eigenvalue weighted by Crippen LogP contribution is -2.01. The van der Waals surface area contributed by atoms with Crippen molar-refractivity contribution in [2.24, 2.45) is 0 Å². The number of pyridine rings is 1. The SMILES string of the molecule is COc1cc(NCc2noc(C)n2)ccn1. The van der Waals surface area contributed by atoms with Gasteiger partial charge in [0.05, 0.1) is 13.7 Å². The van der Waals surface area contributed by atoms with E-state index in [1.807, 2.05) is 6.07 Å². The van der Waals surface area contributed by atoms with Gasteiger partial charge in [0, 0.05) is 24.9 Å². The molecule has 0 fully saturated rings. The molecule has 16 heavy (non-hydrogen) atoms. The number of aryl methyl sites for hydroxylation is 1. The van der Waals surface area contributed by atoms with Crippen molar-refractivity contribution in [3.05, 3.63) is 30.0 Å². The van der Waals surface area contributed by atoms with E-state index in [1.54, 1.807) is 26.3 Å². The second-order valence-corrected chi connectivity index (χ2v) is 3.17. The minimum Gasteiger partial charge on any atom is -0.481 e. The van der Waals surface area contributed by atoms with Crippen LogP contribution in [0.3, 0.4) is 0 Å². The van der Waals surface area contributed by atoms with Gasteiger partial charge in [-0.1, -0.05) is 5.16 Å². The third-order valence-corrected chi connectivity index (χ3v) is 1.96. The summed E-state index contributed by atoms with van der Waals surface area (Å²) in [5.41, 5.74) is 0.898. The minimum absolute atomic E-state index is 0.504. The van der Waals surface area contributed by atoms with E-state index in [0.717, 1.165) is 5.69 Å². The summed E-state index contributed by atoms with van der Waals surface area (Å²) in [6, 6.07) is 3.64. The molecule has 84 valence electrons. The summed E-state index contributed by atoms with van der Waals surface area (Å²) in [7, 11) is 1.58. The van der Waals surface area contributed by atoms with E-state index >= 15 is 0 Å². The molecule has 0 radical (unpaired) electrons. The van der Waals surface area contributed by atoms with Crippen molar-refractivity contribution in [1.82, 2.24) is 15.1 Å². The summed E-state index contributed by atoms with van der Waals surface area (Å²) in [6.45, 7) is 2.26. The van der Waals surface area contributed by atoms with Gasteiger partial charge in [-0.05, 0) is 6.07 Å². The van der Waals surface area contributed by atoms with Crippen LogP contribution in [0.5, 0.6) is 5.88 Å². The van der Waals surface area contributed by atoms with E-state index < -0.39 is 0 Å². The van der Waals surface area contributed by atoms with Crippen molar-refractivity contribution in [1.29, 1.82) is 0 Å². The average molecular weight is 220 g/mol. The fraction of sp³-hybridized carbons (Fsp3) is 0.300. The molecule has 0 saturated heterocycles. The normalized spacial score (nSPS) is 10.1. The molecule has 0 bridgehead atoms. The van der Waals surface area contributed by atoms with Gasteiger partial charge in [-0.25, -0.2) is 4.98 Å². The molecule has 0 unspecified atom stereocenters. The number of ether oxygens (including phenoxy) is 1. The summed E-state index contributed by atoms with van der Waals surface area (Å²) in [6.07, 6.45) is 1.67. The standard InChI is InChI=1S/C10H12N4O2/c1-7-13-9(14-16-7)6-12-8-3-4-11-10(5-8)15-2/h3-5H,6H2,1-2H3,(H,11,12). The summed E-state index contributed by atoms with van der Waals surface area (Å²) in [5, 5.41) is 6.92. The van der Waals surface area contributed by atoms with E-state index in [0.29, 0.717) is 24.1 Å². The second kappa shape index (κ2) is 4.61. The number of nitrogens with one attached hydrogen (secondary N) is 1. The molecule has 6 heteroatoms. The molecule has 6 nitrogen and oxygen atoms in total. The first-order valence-corrected chi connectivity index (χ1v) is 4.81. The summed E-state index contributed by atoms with van der Waals surface area (Å²) >= 11 is 0. The lowest BCUT2D eigenvalue weighted by atomic mass is 10.4. The molecule has 2 aromatic rings. The van der Waals surface area contributed by atoms with Crippen molar-refractivity contribution in [2.45, 2.75) is 13.5 Å². The van der Waals surface area contributed by atoms with Crippen LogP contribution < -0.4 is 10.1 Å². The minimum atomic E-state index is 0.504. The maximum atomic E-state index is 5.01. The van der Waals surface area contributed by atoms with Crippen molar-refractivity contribution in [2.75, 3.05) is 12.4 Å². The number of anilines is 1. The number of rotatable bonds is 4. The Morgan fingerprint density at radius 3 is 3.06 bits per heavy atom. The predicted octanol–water partition coefficient (Wildman–Crippen LogP) is 1.39. The molecule has 0 atom stereocenters. The number of nitrogens with zero attached hydrogens (tertiary/aromatic N) is 3. The van der Waals surface area contributed by atoms with Gasteiger partial charge in [0.25, 0.3) is 0 Å². The second-order valence-electron chi connectivity index (χ2n) is 3.17. The molecule has 2 heterocycles.